The van der Waals surface area contributed by atoms with E-state index in [1.807, 2.05) is 48.5 Å². The Balaban J connectivity index is 1.85. The van der Waals surface area contributed by atoms with Crippen LogP contribution in [0.1, 0.15) is 43.7 Å². The van der Waals surface area contributed by atoms with E-state index in [-0.39, 0.29) is 0 Å². The first-order valence-corrected chi connectivity index (χ1v) is 7.88. The van der Waals surface area contributed by atoms with Gasteiger partial charge in [0.2, 0.25) is 0 Å². The molecule has 0 aliphatic carbocycles. The Morgan fingerprint density at radius 1 is 0.818 bits per heavy atom. The smallest absolute Gasteiger partial charge is 0.119 e. The molecule has 2 rings (SSSR count). The molecule has 0 heterocycles. The lowest BCUT2D eigenvalue weighted by Crippen LogP contribution is -1.96. The van der Waals surface area contributed by atoms with Crippen LogP contribution in [0.4, 0.5) is 5.69 Å². The van der Waals surface area contributed by atoms with E-state index in [0.717, 1.165) is 35.6 Å². The molecule has 0 atom stereocenters. The zero-order chi connectivity index (χ0) is 15.6. The van der Waals surface area contributed by atoms with E-state index in [1.165, 1.54) is 19.3 Å². The molecule has 114 valence electrons. The van der Waals surface area contributed by atoms with Gasteiger partial charge in [-0.15, -0.1) is 0 Å². The highest BCUT2D eigenvalue weighted by Gasteiger charge is 1.94. The van der Waals surface area contributed by atoms with Crippen molar-refractivity contribution in [3.05, 3.63) is 59.7 Å². The molecular weight excluding hydrogens is 270 g/mol. The monoisotopic (exact) mass is 293 g/mol. The maximum absolute atomic E-state index is 5.72. The first-order chi connectivity index (χ1) is 10.8. The molecule has 2 aromatic rings. The van der Waals surface area contributed by atoms with Crippen LogP contribution < -0.4 is 10.5 Å². The standard InChI is InChI=1S/C20H23NO/c1-2-3-4-5-16-22-20-14-10-18(11-15-20)7-6-17-8-12-19(21)13-9-17/h8-15H,2-5,16,21H2,1H3. The molecule has 0 radical (unpaired) electrons. The SMILES string of the molecule is CCCCCCOc1ccc(C#Cc2ccc(N)cc2)cc1. The van der Waals surface area contributed by atoms with Crippen LogP contribution in [-0.4, -0.2) is 6.61 Å². The number of rotatable bonds is 6. The summed E-state index contributed by atoms with van der Waals surface area (Å²) in [6.07, 6.45) is 4.89. The first kappa shape index (κ1) is 16.0. The van der Waals surface area contributed by atoms with Gasteiger partial charge in [0.1, 0.15) is 5.75 Å². The highest BCUT2D eigenvalue weighted by molar-refractivity contribution is 5.48. The predicted molar refractivity (Wildman–Crippen MR) is 92.9 cm³/mol. The molecule has 0 saturated heterocycles. The molecule has 0 saturated carbocycles. The number of benzene rings is 2. The Morgan fingerprint density at radius 3 is 2.00 bits per heavy atom. The van der Waals surface area contributed by atoms with Gasteiger partial charge in [0.05, 0.1) is 6.61 Å². The molecule has 0 aromatic heterocycles. The fourth-order valence-corrected chi connectivity index (χ4v) is 2.06. The third-order valence-corrected chi connectivity index (χ3v) is 3.38. The Bertz CT molecular complexity index is 617. The average Bonchev–Trinajstić information content (AvgIpc) is 2.55. The van der Waals surface area contributed by atoms with Crippen LogP contribution in [0.25, 0.3) is 0 Å². The van der Waals surface area contributed by atoms with E-state index in [1.54, 1.807) is 0 Å². The Morgan fingerprint density at radius 2 is 1.41 bits per heavy atom. The lowest BCUT2D eigenvalue weighted by atomic mass is 10.1. The molecule has 0 aliphatic heterocycles. The number of ether oxygens (including phenoxy) is 1. The van der Waals surface area contributed by atoms with Gasteiger partial charge < -0.3 is 10.5 Å². The Labute approximate surface area is 133 Å². The molecule has 0 fully saturated rings. The van der Waals surface area contributed by atoms with E-state index < -0.39 is 0 Å². The number of hydrogen-bond acceptors (Lipinski definition) is 2. The second-order valence-corrected chi connectivity index (χ2v) is 5.31. The molecule has 0 unspecified atom stereocenters. The topological polar surface area (TPSA) is 35.2 Å². The molecule has 2 nitrogen and oxygen atoms in total. The summed E-state index contributed by atoms with van der Waals surface area (Å²) in [6.45, 7) is 3.00. The fraction of sp³-hybridized carbons (Fsp3) is 0.300. The van der Waals surface area contributed by atoms with Gasteiger partial charge in [-0.25, -0.2) is 0 Å². The molecule has 0 amide bonds. The van der Waals surface area contributed by atoms with Gasteiger partial charge in [-0.3, -0.25) is 0 Å². The van der Waals surface area contributed by atoms with Crippen molar-refractivity contribution in [1.29, 1.82) is 0 Å². The summed E-state index contributed by atoms with van der Waals surface area (Å²) in [4.78, 5) is 0. The number of anilines is 1. The average molecular weight is 293 g/mol. The van der Waals surface area contributed by atoms with Crippen molar-refractivity contribution in [3.63, 3.8) is 0 Å². The third-order valence-electron chi connectivity index (χ3n) is 3.38. The van der Waals surface area contributed by atoms with Crippen molar-refractivity contribution in [2.24, 2.45) is 0 Å². The summed E-state index contributed by atoms with van der Waals surface area (Å²) >= 11 is 0. The molecular formula is C20H23NO. The van der Waals surface area contributed by atoms with Crippen molar-refractivity contribution < 1.29 is 4.74 Å². The minimum atomic E-state index is 0.756. The van der Waals surface area contributed by atoms with Gasteiger partial charge in [-0.05, 0) is 55.0 Å². The van der Waals surface area contributed by atoms with E-state index in [9.17, 15) is 0 Å². The molecule has 0 aliphatic rings. The molecule has 0 bridgehead atoms. The highest BCUT2D eigenvalue weighted by Crippen LogP contribution is 2.13. The zero-order valence-corrected chi connectivity index (χ0v) is 13.1. The van der Waals surface area contributed by atoms with Gasteiger partial charge >= 0.3 is 0 Å². The van der Waals surface area contributed by atoms with Crippen molar-refractivity contribution in [2.45, 2.75) is 32.6 Å². The Hall–Kier alpha value is -2.40. The summed E-state index contributed by atoms with van der Waals surface area (Å²) in [5, 5.41) is 0. The van der Waals surface area contributed by atoms with Crippen molar-refractivity contribution >= 4 is 5.69 Å². The van der Waals surface area contributed by atoms with E-state index in [0.29, 0.717) is 0 Å². The lowest BCUT2D eigenvalue weighted by molar-refractivity contribution is 0.305. The van der Waals surface area contributed by atoms with Gasteiger partial charge in [0, 0.05) is 16.8 Å². The number of unbranched alkanes of at least 4 members (excludes halogenated alkanes) is 3. The first-order valence-electron chi connectivity index (χ1n) is 7.88. The minimum Gasteiger partial charge on any atom is -0.494 e. The highest BCUT2D eigenvalue weighted by atomic mass is 16.5. The van der Waals surface area contributed by atoms with Gasteiger partial charge in [-0.2, -0.15) is 0 Å². The number of hydrogen-bond donors (Lipinski definition) is 1. The van der Waals surface area contributed by atoms with Gasteiger partial charge in [0.25, 0.3) is 0 Å². The summed E-state index contributed by atoms with van der Waals surface area (Å²) in [6, 6.07) is 15.5. The summed E-state index contributed by atoms with van der Waals surface area (Å²) in [5.41, 5.74) is 8.36. The minimum absolute atomic E-state index is 0.756. The zero-order valence-electron chi connectivity index (χ0n) is 13.1. The van der Waals surface area contributed by atoms with Crippen molar-refractivity contribution in [3.8, 4) is 17.6 Å². The van der Waals surface area contributed by atoms with Gasteiger partial charge in [0.15, 0.2) is 0 Å². The molecule has 2 heteroatoms. The second-order valence-electron chi connectivity index (χ2n) is 5.31. The second kappa shape index (κ2) is 8.79. The molecule has 2 N–H and O–H groups in total. The van der Waals surface area contributed by atoms with Crippen LogP contribution >= 0.6 is 0 Å². The van der Waals surface area contributed by atoms with Crippen LogP contribution in [0, 0.1) is 11.8 Å². The van der Waals surface area contributed by atoms with Crippen LogP contribution in [0.2, 0.25) is 0 Å². The van der Waals surface area contributed by atoms with Crippen LogP contribution in [-0.2, 0) is 0 Å². The third kappa shape index (κ3) is 5.54. The van der Waals surface area contributed by atoms with Crippen LogP contribution in [0.3, 0.4) is 0 Å². The predicted octanol–water partition coefficient (Wildman–Crippen LogP) is 4.63. The van der Waals surface area contributed by atoms with Gasteiger partial charge in [-0.1, -0.05) is 38.0 Å². The number of nitrogen functional groups attached to an aromatic ring is 1. The summed E-state index contributed by atoms with van der Waals surface area (Å²) in [5.74, 6) is 7.18. The molecule has 22 heavy (non-hydrogen) atoms. The molecule has 0 spiro atoms. The van der Waals surface area contributed by atoms with E-state index in [2.05, 4.69) is 18.8 Å². The van der Waals surface area contributed by atoms with Crippen molar-refractivity contribution in [2.75, 3.05) is 12.3 Å². The quantitative estimate of drug-likeness (QED) is 0.479. The van der Waals surface area contributed by atoms with E-state index in [4.69, 9.17) is 10.5 Å². The Kier molecular flexibility index (Phi) is 6.39. The largest absolute Gasteiger partial charge is 0.494 e. The van der Waals surface area contributed by atoms with Crippen LogP contribution in [0.15, 0.2) is 48.5 Å². The summed E-state index contributed by atoms with van der Waals surface area (Å²) in [7, 11) is 0. The van der Waals surface area contributed by atoms with Crippen LogP contribution in [0.5, 0.6) is 5.75 Å². The normalized spacial score (nSPS) is 9.86. The fourth-order valence-electron chi connectivity index (χ4n) is 2.06. The summed E-state index contributed by atoms with van der Waals surface area (Å²) < 4.78 is 5.72. The maximum atomic E-state index is 5.72. The molecule has 2 aromatic carbocycles. The number of nitrogens with two attached hydrogens (primary N) is 1. The lowest BCUT2D eigenvalue weighted by Gasteiger charge is -2.05. The van der Waals surface area contributed by atoms with Crippen molar-refractivity contribution in [1.82, 2.24) is 0 Å². The maximum Gasteiger partial charge on any atom is 0.119 e. The van der Waals surface area contributed by atoms with E-state index >= 15 is 0 Å².